The van der Waals surface area contributed by atoms with Crippen molar-refractivity contribution in [3.8, 4) is 0 Å². The van der Waals surface area contributed by atoms with Gasteiger partial charge in [0.15, 0.2) is 9.90 Å². The van der Waals surface area contributed by atoms with Gasteiger partial charge in [0.2, 0.25) is 0 Å². The average molecular weight is 293 g/mol. The zero-order valence-electron chi connectivity index (χ0n) is 10.1. The maximum Gasteiger partial charge on any atom is 0.356 e. The van der Waals surface area contributed by atoms with Crippen LogP contribution in [-0.4, -0.2) is 56.6 Å². The van der Waals surface area contributed by atoms with Gasteiger partial charge < -0.3 is 10.0 Å². The van der Waals surface area contributed by atoms with Gasteiger partial charge in [-0.25, -0.2) is 22.9 Å². The van der Waals surface area contributed by atoms with Crippen molar-refractivity contribution >= 4 is 27.3 Å². The summed E-state index contributed by atoms with van der Waals surface area (Å²) in [6.07, 6.45) is 0.646. The third kappa shape index (κ3) is 4.02. The lowest BCUT2D eigenvalue weighted by Gasteiger charge is -2.09. The Hall–Kier alpha value is -1.03. The minimum atomic E-state index is -3.78. The molecule has 0 aromatic carbocycles. The summed E-state index contributed by atoms with van der Waals surface area (Å²) in [7, 11) is -0.00567. The van der Waals surface area contributed by atoms with E-state index in [4.69, 9.17) is 5.11 Å². The first kappa shape index (κ1) is 15.0. The maximum atomic E-state index is 11.8. The highest BCUT2D eigenvalue weighted by molar-refractivity contribution is 7.91. The number of rotatable bonds is 7. The predicted molar refractivity (Wildman–Crippen MR) is 67.4 cm³/mol. The van der Waals surface area contributed by atoms with Crippen molar-refractivity contribution in [2.75, 3.05) is 27.2 Å². The molecule has 1 rings (SSSR count). The Balaban J connectivity index is 2.69. The Morgan fingerprint density at radius 1 is 1.56 bits per heavy atom. The molecule has 0 bridgehead atoms. The van der Waals surface area contributed by atoms with Crippen molar-refractivity contribution in [1.82, 2.24) is 14.6 Å². The Bertz CT molecular complexity index is 510. The smallest absolute Gasteiger partial charge is 0.356 e. The summed E-state index contributed by atoms with van der Waals surface area (Å²) < 4.78 is 25.8. The Morgan fingerprint density at radius 3 is 2.78 bits per heavy atom. The van der Waals surface area contributed by atoms with E-state index in [1.807, 2.05) is 19.0 Å². The highest BCUT2D eigenvalue weighted by atomic mass is 32.2. The average Bonchev–Trinajstić information content (AvgIpc) is 2.73. The van der Waals surface area contributed by atoms with Gasteiger partial charge >= 0.3 is 5.97 Å². The van der Waals surface area contributed by atoms with E-state index in [0.29, 0.717) is 6.42 Å². The van der Waals surface area contributed by atoms with Gasteiger partial charge in [0.25, 0.3) is 10.0 Å². The molecule has 7 nitrogen and oxygen atoms in total. The van der Waals surface area contributed by atoms with Crippen LogP contribution in [0.15, 0.2) is 9.72 Å². The lowest BCUT2D eigenvalue weighted by Crippen LogP contribution is -2.27. The molecule has 2 N–H and O–H groups in total. The van der Waals surface area contributed by atoms with Crippen molar-refractivity contribution in [3.63, 3.8) is 0 Å². The molecule has 0 aliphatic carbocycles. The van der Waals surface area contributed by atoms with Crippen LogP contribution in [0.4, 0.5) is 0 Å². The number of carboxylic acid groups (broad SMARTS) is 1. The van der Waals surface area contributed by atoms with Gasteiger partial charge in [-0.05, 0) is 27.1 Å². The third-order valence-corrected chi connectivity index (χ3v) is 4.89. The number of thiazole rings is 1. The largest absolute Gasteiger partial charge is 0.476 e. The Kier molecular flexibility index (Phi) is 5.20. The molecule has 0 amide bonds. The van der Waals surface area contributed by atoms with Gasteiger partial charge in [-0.1, -0.05) is 0 Å². The number of nitrogens with zero attached hydrogens (tertiary/aromatic N) is 2. The summed E-state index contributed by atoms with van der Waals surface area (Å²) >= 11 is 0.796. The molecule has 0 fully saturated rings. The summed E-state index contributed by atoms with van der Waals surface area (Å²) in [6, 6.07) is 0. The molecule has 0 spiro atoms. The van der Waals surface area contributed by atoms with Crippen molar-refractivity contribution in [1.29, 1.82) is 0 Å². The van der Waals surface area contributed by atoms with Gasteiger partial charge in [-0.15, -0.1) is 11.3 Å². The van der Waals surface area contributed by atoms with Gasteiger partial charge in [-0.3, -0.25) is 0 Å². The van der Waals surface area contributed by atoms with Gasteiger partial charge in [0, 0.05) is 6.54 Å². The highest BCUT2D eigenvalue weighted by Gasteiger charge is 2.25. The fourth-order valence-corrected chi connectivity index (χ4v) is 3.49. The third-order valence-electron chi connectivity index (χ3n) is 2.06. The van der Waals surface area contributed by atoms with E-state index in [0.717, 1.165) is 17.9 Å². The van der Waals surface area contributed by atoms with E-state index in [1.165, 1.54) is 5.51 Å². The second-order valence-corrected chi connectivity index (χ2v) is 6.67. The summed E-state index contributed by atoms with van der Waals surface area (Å²) in [5.74, 6) is -1.34. The van der Waals surface area contributed by atoms with Crippen molar-refractivity contribution in [2.45, 2.75) is 10.6 Å². The standard InChI is InChI=1S/C9H15N3O4S2/c1-12(2)5-3-4-11-18(15,16)9-7(8(13)14)10-6-17-9/h6,11H,3-5H2,1-2H3,(H,13,14). The zero-order valence-corrected chi connectivity index (χ0v) is 11.7. The Morgan fingerprint density at radius 2 is 2.22 bits per heavy atom. The van der Waals surface area contributed by atoms with E-state index in [2.05, 4.69) is 9.71 Å². The molecule has 9 heteroatoms. The minimum absolute atomic E-state index is 0.250. The van der Waals surface area contributed by atoms with E-state index in [9.17, 15) is 13.2 Å². The first-order valence-corrected chi connectivity index (χ1v) is 7.52. The molecule has 0 unspecified atom stereocenters. The fraction of sp³-hybridized carbons (Fsp3) is 0.556. The van der Waals surface area contributed by atoms with E-state index < -0.39 is 21.7 Å². The first-order chi connectivity index (χ1) is 8.34. The second-order valence-electron chi connectivity index (χ2n) is 3.85. The van der Waals surface area contributed by atoms with E-state index in [-0.39, 0.29) is 10.8 Å². The topological polar surface area (TPSA) is 99.6 Å². The maximum absolute atomic E-state index is 11.8. The van der Waals surface area contributed by atoms with E-state index in [1.54, 1.807) is 0 Å². The lowest BCUT2D eigenvalue weighted by molar-refractivity contribution is 0.0687. The monoisotopic (exact) mass is 293 g/mol. The number of hydrogen-bond acceptors (Lipinski definition) is 6. The molecular weight excluding hydrogens is 278 g/mol. The van der Waals surface area contributed by atoms with Crippen LogP contribution >= 0.6 is 11.3 Å². The molecule has 0 saturated heterocycles. The zero-order chi connectivity index (χ0) is 13.8. The second kappa shape index (κ2) is 6.23. The molecule has 1 heterocycles. The van der Waals surface area contributed by atoms with Crippen molar-refractivity contribution in [3.05, 3.63) is 11.2 Å². The van der Waals surface area contributed by atoms with Crippen LogP contribution in [0.1, 0.15) is 16.9 Å². The number of aromatic nitrogens is 1. The number of sulfonamides is 1. The first-order valence-electron chi connectivity index (χ1n) is 5.16. The number of nitrogens with one attached hydrogen (secondary N) is 1. The molecule has 1 aromatic rings. The molecule has 0 aliphatic heterocycles. The van der Waals surface area contributed by atoms with Crippen LogP contribution in [0.5, 0.6) is 0 Å². The highest BCUT2D eigenvalue weighted by Crippen LogP contribution is 2.19. The van der Waals surface area contributed by atoms with Gasteiger partial charge in [0.05, 0.1) is 5.51 Å². The lowest BCUT2D eigenvalue weighted by atomic mass is 10.4. The number of hydrogen-bond donors (Lipinski definition) is 2. The number of carboxylic acids is 1. The quantitative estimate of drug-likeness (QED) is 0.690. The molecular formula is C9H15N3O4S2. The van der Waals surface area contributed by atoms with Gasteiger partial charge in [-0.2, -0.15) is 0 Å². The minimum Gasteiger partial charge on any atom is -0.476 e. The van der Waals surface area contributed by atoms with Crippen LogP contribution in [0, 0.1) is 0 Å². The van der Waals surface area contributed by atoms with E-state index >= 15 is 0 Å². The number of aromatic carboxylic acids is 1. The van der Waals surface area contributed by atoms with Crippen LogP contribution < -0.4 is 4.72 Å². The Labute approximate surface area is 110 Å². The van der Waals surface area contributed by atoms with Crippen molar-refractivity contribution < 1.29 is 18.3 Å². The van der Waals surface area contributed by atoms with Crippen LogP contribution in [0.2, 0.25) is 0 Å². The van der Waals surface area contributed by atoms with Crippen LogP contribution in [0.3, 0.4) is 0 Å². The normalized spacial score (nSPS) is 11.9. The van der Waals surface area contributed by atoms with Crippen LogP contribution in [0.25, 0.3) is 0 Å². The molecule has 0 radical (unpaired) electrons. The molecule has 0 saturated carbocycles. The molecule has 0 aliphatic rings. The van der Waals surface area contributed by atoms with Crippen LogP contribution in [-0.2, 0) is 10.0 Å². The summed E-state index contributed by atoms with van der Waals surface area (Å²) in [5, 5.41) is 8.81. The predicted octanol–water partition coefficient (Wildman–Crippen LogP) is 0.0713. The van der Waals surface area contributed by atoms with Gasteiger partial charge in [0.1, 0.15) is 0 Å². The summed E-state index contributed by atoms with van der Waals surface area (Å²) in [6.45, 7) is 1.01. The molecule has 18 heavy (non-hydrogen) atoms. The number of carbonyl (C=O) groups is 1. The molecule has 0 atom stereocenters. The summed E-state index contributed by atoms with van der Waals surface area (Å²) in [5.41, 5.74) is 0.776. The molecule has 1 aromatic heterocycles. The molecule has 102 valence electrons. The fourth-order valence-electron chi connectivity index (χ4n) is 1.24. The SMILES string of the molecule is CN(C)CCCNS(=O)(=O)c1scnc1C(=O)O. The van der Waals surface area contributed by atoms with Crippen molar-refractivity contribution in [2.24, 2.45) is 0 Å². The summed E-state index contributed by atoms with van der Waals surface area (Å²) in [4.78, 5) is 16.3.